The van der Waals surface area contributed by atoms with Crippen molar-refractivity contribution >= 4 is 5.91 Å². The minimum atomic E-state index is 0.130. The largest absolute Gasteiger partial charge is 0.356 e. The molecule has 0 spiro atoms. The summed E-state index contributed by atoms with van der Waals surface area (Å²) in [7, 11) is 0. The zero-order valence-corrected chi connectivity index (χ0v) is 8.26. The Labute approximate surface area is 74.7 Å². The fourth-order valence-electron chi connectivity index (χ4n) is 0.814. The summed E-state index contributed by atoms with van der Waals surface area (Å²) in [5, 5.41) is 2.85. The number of hydrogen-bond donors (Lipinski definition) is 2. The monoisotopic (exact) mass is 172 g/mol. The summed E-state index contributed by atoms with van der Waals surface area (Å²) in [6.07, 6.45) is 0.608. The molecule has 1 unspecified atom stereocenters. The van der Waals surface area contributed by atoms with Gasteiger partial charge in [-0.05, 0) is 18.4 Å². The second kappa shape index (κ2) is 6.00. The number of carbonyl (C=O) groups excluding carboxylic acids is 1. The van der Waals surface area contributed by atoms with Gasteiger partial charge >= 0.3 is 0 Å². The van der Waals surface area contributed by atoms with Gasteiger partial charge in [-0.3, -0.25) is 4.79 Å². The van der Waals surface area contributed by atoms with E-state index in [1.54, 1.807) is 0 Å². The maximum Gasteiger partial charge on any atom is 0.220 e. The highest BCUT2D eigenvalue weighted by Crippen LogP contribution is 1.98. The molecule has 0 aliphatic rings. The summed E-state index contributed by atoms with van der Waals surface area (Å²) in [6.45, 7) is 7.41. The molecule has 0 saturated carbocycles. The van der Waals surface area contributed by atoms with E-state index < -0.39 is 0 Å². The summed E-state index contributed by atoms with van der Waals surface area (Å²) in [6, 6.07) is 0. The van der Waals surface area contributed by atoms with Crippen molar-refractivity contribution in [1.29, 1.82) is 0 Å². The Morgan fingerprint density at radius 3 is 2.42 bits per heavy atom. The Hall–Kier alpha value is -0.570. The lowest BCUT2D eigenvalue weighted by Crippen LogP contribution is -2.31. The van der Waals surface area contributed by atoms with Crippen molar-refractivity contribution in [2.24, 2.45) is 17.6 Å². The molecule has 12 heavy (non-hydrogen) atoms. The third-order valence-corrected chi connectivity index (χ3v) is 1.64. The van der Waals surface area contributed by atoms with E-state index in [1.807, 2.05) is 20.8 Å². The molecule has 72 valence electrons. The van der Waals surface area contributed by atoms with E-state index in [9.17, 15) is 4.79 Å². The summed E-state index contributed by atoms with van der Waals surface area (Å²) in [5.74, 6) is 0.935. The van der Waals surface area contributed by atoms with Crippen LogP contribution in [0, 0.1) is 11.8 Å². The van der Waals surface area contributed by atoms with E-state index in [4.69, 9.17) is 5.73 Å². The molecule has 1 atom stereocenters. The number of carbonyl (C=O) groups is 1. The van der Waals surface area contributed by atoms with E-state index >= 15 is 0 Å². The number of nitrogens with one attached hydrogen (secondary N) is 1. The molecule has 0 radical (unpaired) electrons. The van der Waals surface area contributed by atoms with Gasteiger partial charge in [0.1, 0.15) is 0 Å². The van der Waals surface area contributed by atoms with Crippen LogP contribution in [-0.4, -0.2) is 19.0 Å². The molecule has 3 heteroatoms. The maximum absolute atomic E-state index is 11.1. The number of amides is 1. The van der Waals surface area contributed by atoms with Crippen molar-refractivity contribution < 1.29 is 4.79 Å². The van der Waals surface area contributed by atoms with Crippen LogP contribution in [0.5, 0.6) is 0 Å². The Morgan fingerprint density at radius 2 is 2.00 bits per heavy atom. The average Bonchev–Trinajstić information content (AvgIpc) is 1.99. The summed E-state index contributed by atoms with van der Waals surface area (Å²) in [5.41, 5.74) is 5.41. The van der Waals surface area contributed by atoms with Gasteiger partial charge in [0, 0.05) is 13.0 Å². The molecule has 1 amide bonds. The Bertz CT molecular complexity index is 134. The third kappa shape index (κ3) is 6.16. The van der Waals surface area contributed by atoms with Gasteiger partial charge in [-0.25, -0.2) is 0 Å². The van der Waals surface area contributed by atoms with Crippen molar-refractivity contribution in [3.05, 3.63) is 0 Å². The van der Waals surface area contributed by atoms with Crippen molar-refractivity contribution in [3.63, 3.8) is 0 Å². The summed E-state index contributed by atoms with van der Waals surface area (Å²) in [4.78, 5) is 11.1. The van der Waals surface area contributed by atoms with Crippen molar-refractivity contribution in [3.8, 4) is 0 Å². The van der Waals surface area contributed by atoms with E-state index in [2.05, 4.69) is 5.32 Å². The van der Waals surface area contributed by atoms with Crippen molar-refractivity contribution in [2.45, 2.75) is 27.2 Å². The molecule has 3 N–H and O–H groups in total. The van der Waals surface area contributed by atoms with Crippen LogP contribution in [0.25, 0.3) is 0 Å². The quantitative estimate of drug-likeness (QED) is 0.642. The molecule has 0 aromatic rings. The van der Waals surface area contributed by atoms with E-state index in [0.29, 0.717) is 31.3 Å². The summed E-state index contributed by atoms with van der Waals surface area (Å²) < 4.78 is 0. The summed E-state index contributed by atoms with van der Waals surface area (Å²) >= 11 is 0. The van der Waals surface area contributed by atoms with Gasteiger partial charge in [0.15, 0.2) is 0 Å². The Kier molecular flexibility index (Phi) is 5.72. The third-order valence-electron chi connectivity index (χ3n) is 1.64. The van der Waals surface area contributed by atoms with Gasteiger partial charge in [-0.15, -0.1) is 0 Å². The van der Waals surface area contributed by atoms with Gasteiger partial charge in [-0.2, -0.15) is 0 Å². The van der Waals surface area contributed by atoms with Gasteiger partial charge in [0.25, 0.3) is 0 Å². The number of nitrogens with two attached hydrogens (primary N) is 1. The van der Waals surface area contributed by atoms with Gasteiger partial charge < -0.3 is 11.1 Å². The van der Waals surface area contributed by atoms with E-state index in [0.717, 1.165) is 0 Å². The first-order valence-electron chi connectivity index (χ1n) is 4.53. The second-order valence-electron chi connectivity index (χ2n) is 3.74. The lowest BCUT2D eigenvalue weighted by atomic mass is 10.1. The highest BCUT2D eigenvalue weighted by molar-refractivity contribution is 5.75. The zero-order chi connectivity index (χ0) is 9.56. The van der Waals surface area contributed by atoms with Gasteiger partial charge in [0.2, 0.25) is 5.91 Å². The van der Waals surface area contributed by atoms with Crippen LogP contribution in [0.4, 0.5) is 0 Å². The lowest BCUT2D eigenvalue weighted by molar-refractivity contribution is -0.121. The number of hydrogen-bond acceptors (Lipinski definition) is 2. The molecule has 0 fully saturated rings. The maximum atomic E-state index is 11.1. The fourth-order valence-corrected chi connectivity index (χ4v) is 0.814. The second-order valence-corrected chi connectivity index (χ2v) is 3.74. The fraction of sp³-hybridized carbons (Fsp3) is 0.889. The molecule has 0 bridgehead atoms. The van der Waals surface area contributed by atoms with Gasteiger partial charge in [0.05, 0.1) is 0 Å². The highest BCUT2D eigenvalue weighted by Gasteiger charge is 2.05. The molecule has 0 heterocycles. The molecular formula is C9H20N2O. The highest BCUT2D eigenvalue weighted by atomic mass is 16.1. The molecule has 0 aromatic carbocycles. The smallest absolute Gasteiger partial charge is 0.220 e. The predicted molar refractivity (Wildman–Crippen MR) is 50.7 cm³/mol. The molecule has 0 aliphatic carbocycles. The van der Waals surface area contributed by atoms with E-state index in [1.165, 1.54) is 0 Å². The van der Waals surface area contributed by atoms with Crippen LogP contribution < -0.4 is 11.1 Å². The average molecular weight is 172 g/mol. The Morgan fingerprint density at radius 1 is 1.42 bits per heavy atom. The molecule has 0 aromatic heterocycles. The molecule has 0 aliphatic heterocycles. The minimum absolute atomic E-state index is 0.130. The van der Waals surface area contributed by atoms with Crippen LogP contribution in [-0.2, 0) is 4.79 Å². The van der Waals surface area contributed by atoms with Crippen LogP contribution >= 0.6 is 0 Å². The standard InChI is InChI=1S/C9H20N2O/c1-7(2)4-9(12)11-6-8(3)5-10/h7-8H,4-6,10H2,1-3H3,(H,11,12). The van der Waals surface area contributed by atoms with E-state index in [-0.39, 0.29) is 5.91 Å². The SMILES string of the molecule is CC(C)CC(=O)NCC(C)CN. The zero-order valence-electron chi connectivity index (χ0n) is 8.26. The lowest BCUT2D eigenvalue weighted by Gasteiger charge is -2.10. The number of rotatable bonds is 5. The van der Waals surface area contributed by atoms with Crippen LogP contribution in [0.2, 0.25) is 0 Å². The van der Waals surface area contributed by atoms with Gasteiger partial charge in [-0.1, -0.05) is 20.8 Å². The minimum Gasteiger partial charge on any atom is -0.356 e. The first kappa shape index (κ1) is 11.4. The molecule has 0 saturated heterocycles. The van der Waals surface area contributed by atoms with Crippen molar-refractivity contribution in [1.82, 2.24) is 5.32 Å². The first-order valence-corrected chi connectivity index (χ1v) is 4.53. The predicted octanol–water partition coefficient (Wildman–Crippen LogP) is 0.743. The van der Waals surface area contributed by atoms with Crippen LogP contribution in [0.15, 0.2) is 0 Å². The normalized spacial score (nSPS) is 13.1. The molecular weight excluding hydrogens is 152 g/mol. The molecule has 3 nitrogen and oxygen atoms in total. The Balaban J connectivity index is 3.44. The molecule has 0 rings (SSSR count). The van der Waals surface area contributed by atoms with Crippen molar-refractivity contribution in [2.75, 3.05) is 13.1 Å². The first-order chi connectivity index (χ1) is 5.56. The van der Waals surface area contributed by atoms with Crippen LogP contribution in [0.3, 0.4) is 0 Å². The topological polar surface area (TPSA) is 55.1 Å². The van der Waals surface area contributed by atoms with Crippen LogP contribution in [0.1, 0.15) is 27.2 Å².